The van der Waals surface area contributed by atoms with E-state index in [0.29, 0.717) is 73.4 Å². The molecule has 1 saturated carbocycles. The van der Waals surface area contributed by atoms with E-state index in [4.69, 9.17) is 33.2 Å². The van der Waals surface area contributed by atoms with Crippen LogP contribution in [0.5, 0.6) is 5.88 Å². The number of Topliss-reactive ketones (excluding diaryl/α,β-unsaturated/α-hetero) is 1. The van der Waals surface area contributed by atoms with Crippen LogP contribution < -0.4 is 4.74 Å². The van der Waals surface area contributed by atoms with Crippen LogP contribution in [0.2, 0.25) is 10.0 Å². The minimum absolute atomic E-state index is 0.0186. The van der Waals surface area contributed by atoms with E-state index in [1.165, 1.54) is 6.20 Å². The molecule has 39 heavy (non-hydrogen) atoms. The number of nitriles is 1. The third-order valence-corrected chi connectivity index (χ3v) is 9.02. The number of aromatic nitrogens is 1. The molecule has 3 unspecified atom stereocenters. The number of halogens is 2. The fraction of sp³-hybridized carbons (Fsp3) is 0.483. The van der Waals surface area contributed by atoms with E-state index in [2.05, 4.69) is 11.1 Å². The van der Waals surface area contributed by atoms with E-state index in [1.54, 1.807) is 18.2 Å². The smallest absolute Gasteiger partial charge is 0.226 e. The molecule has 1 aliphatic carbocycles. The van der Waals surface area contributed by atoms with Crippen LogP contribution in [0.15, 0.2) is 36.5 Å². The number of carbonyl (C=O) groups excluding carboxylic acids is 3. The molecule has 8 nitrogen and oxygen atoms in total. The van der Waals surface area contributed by atoms with Crippen LogP contribution in [0.25, 0.3) is 0 Å². The highest BCUT2D eigenvalue weighted by molar-refractivity contribution is 6.42. The summed E-state index contributed by atoms with van der Waals surface area (Å²) in [7, 11) is 0. The van der Waals surface area contributed by atoms with Crippen LogP contribution in [0, 0.1) is 29.1 Å². The lowest BCUT2D eigenvalue weighted by atomic mass is 9.82. The Labute approximate surface area is 237 Å². The first kappa shape index (κ1) is 27.4. The van der Waals surface area contributed by atoms with E-state index in [1.807, 2.05) is 28.9 Å². The summed E-state index contributed by atoms with van der Waals surface area (Å²) < 4.78 is 6.18. The van der Waals surface area contributed by atoms with Crippen molar-refractivity contribution in [2.45, 2.75) is 44.6 Å². The number of piperidine rings is 1. The Morgan fingerprint density at radius 3 is 2.36 bits per heavy atom. The predicted molar refractivity (Wildman–Crippen MR) is 145 cm³/mol. The Morgan fingerprint density at radius 1 is 1.03 bits per heavy atom. The standard InChI is InChI=1S/C29H30Cl2N4O4/c1-17(39-27-5-2-18(13-32)14-33-27)23-15-35(16-24(23)20-3-4-25(30)26(31)12-20)28(37)19-6-8-34(9-7-19)29(38)21-10-22(36)11-21/h2-5,12,14,17,19,21,23-24H,6-11,15-16H2,1H3. The first-order valence-corrected chi connectivity index (χ1v) is 14.1. The van der Waals surface area contributed by atoms with E-state index in [-0.39, 0.29) is 47.4 Å². The first-order valence-electron chi connectivity index (χ1n) is 13.3. The first-order chi connectivity index (χ1) is 18.7. The van der Waals surface area contributed by atoms with Crippen molar-refractivity contribution in [1.82, 2.24) is 14.8 Å². The molecule has 3 fully saturated rings. The molecule has 204 valence electrons. The van der Waals surface area contributed by atoms with Gasteiger partial charge in [-0.05, 0) is 43.5 Å². The number of hydrogen-bond acceptors (Lipinski definition) is 6. The summed E-state index contributed by atoms with van der Waals surface area (Å²) in [5.74, 6) is 0.332. The van der Waals surface area contributed by atoms with Gasteiger partial charge in [0, 0.05) is 69.0 Å². The summed E-state index contributed by atoms with van der Waals surface area (Å²) in [6.45, 7) is 4.09. The van der Waals surface area contributed by atoms with Crippen molar-refractivity contribution in [3.05, 3.63) is 57.7 Å². The Morgan fingerprint density at radius 2 is 1.74 bits per heavy atom. The molecule has 0 bridgehead atoms. The number of rotatable bonds is 6. The summed E-state index contributed by atoms with van der Waals surface area (Å²) in [6.07, 6.45) is 3.13. The number of ether oxygens (including phenoxy) is 1. The van der Waals surface area contributed by atoms with Gasteiger partial charge in [-0.2, -0.15) is 5.26 Å². The number of hydrogen-bond donors (Lipinski definition) is 0. The minimum Gasteiger partial charge on any atom is -0.474 e. The normalized spacial score (nSPS) is 22.8. The van der Waals surface area contributed by atoms with E-state index >= 15 is 0 Å². The van der Waals surface area contributed by atoms with Crippen molar-refractivity contribution < 1.29 is 19.1 Å². The third-order valence-electron chi connectivity index (χ3n) is 8.28. The van der Waals surface area contributed by atoms with Gasteiger partial charge in [-0.15, -0.1) is 0 Å². The van der Waals surface area contributed by atoms with Crippen LogP contribution in [-0.2, 0) is 14.4 Å². The molecule has 3 heterocycles. The number of amides is 2. The second-order valence-corrected chi connectivity index (χ2v) is 11.6. The molecule has 0 N–H and O–H groups in total. The average molecular weight is 569 g/mol. The molecule has 2 saturated heterocycles. The van der Waals surface area contributed by atoms with Gasteiger partial charge in [0.15, 0.2) is 0 Å². The summed E-state index contributed by atoms with van der Waals surface area (Å²) in [4.78, 5) is 45.6. The molecular formula is C29H30Cl2N4O4. The second-order valence-electron chi connectivity index (χ2n) is 10.8. The predicted octanol–water partition coefficient (Wildman–Crippen LogP) is 4.49. The monoisotopic (exact) mass is 568 g/mol. The molecule has 2 amide bonds. The van der Waals surface area contributed by atoms with Crippen molar-refractivity contribution in [3.8, 4) is 11.9 Å². The van der Waals surface area contributed by atoms with Crippen molar-refractivity contribution in [2.24, 2.45) is 17.8 Å². The van der Waals surface area contributed by atoms with Crippen molar-refractivity contribution in [1.29, 1.82) is 5.26 Å². The van der Waals surface area contributed by atoms with Gasteiger partial charge in [-0.1, -0.05) is 29.3 Å². The van der Waals surface area contributed by atoms with Crippen LogP contribution in [0.4, 0.5) is 0 Å². The van der Waals surface area contributed by atoms with Crippen LogP contribution in [0.1, 0.15) is 49.7 Å². The molecular weight excluding hydrogens is 539 g/mol. The van der Waals surface area contributed by atoms with E-state index in [9.17, 15) is 14.4 Å². The van der Waals surface area contributed by atoms with Crippen molar-refractivity contribution >= 4 is 40.8 Å². The molecule has 3 aliphatic rings. The molecule has 0 radical (unpaired) electrons. The van der Waals surface area contributed by atoms with Crippen molar-refractivity contribution in [3.63, 3.8) is 0 Å². The molecule has 5 rings (SSSR count). The van der Waals surface area contributed by atoms with Gasteiger partial charge in [0.05, 0.1) is 21.5 Å². The Bertz CT molecular complexity index is 1300. The molecule has 0 spiro atoms. The Kier molecular flexibility index (Phi) is 8.11. The van der Waals surface area contributed by atoms with Gasteiger partial charge in [0.25, 0.3) is 0 Å². The summed E-state index contributed by atoms with van der Waals surface area (Å²) in [6, 6.07) is 11.0. The summed E-state index contributed by atoms with van der Waals surface area (Å²) in [5.41, 5.74) is 1.44. The van der Waals surface area contributed by atoms with Gasteiger partial charge >= 0.3 is 0 Å². The topological polar surface area (TPSA) is 104 Å². The number of benzene rings is 1. The largest absolute Gasteiger partial charge is 0.474 e. The molecule has 1 aromatic heterocycles. The van der Waals surface area contributed by atoms with Crippen molar-refractivity contribution in [2.75, 3.05) is 26.2 Å². The SMILES string of the molecule is CC(Oc1ccc(C#N)cn1)C1CN(C(=O)C2CCN(C(=O)C3CC(=O)C3)CC2)CC1c1ccc(Cl)c(Cl)c1. The zero-order valence-electron chi connectivity index (χ0n) is 21.7. The van der Waals surface area contributed by atoms with Gasteiger partial charge < -0.3 is 14.5 Å². The van der Waals surface area contributed by atoms with Gasteiger partial charge in [-0.3, -0.25) is 14.4 Å². The van der Waals surface area contributed by atoms with Gasteiger partial charge in [0.1, 0.15) is 18.0 Å². The molecule has 2 aliphatic heterocycles. The average Bonchev–Trinajstić information content (AvgIpc) is 3.38. The number of pyridine rings is 1. The third kappa shape index (κ3) is 5.90. The molecule has 1 aromatic carbocycles. The minimum atomic E-state index is -0.271. The number of nitrogens with zero attached hydrogens (tertiary/aromatic N) is 4. The highest BCUT2D eigenvalue weighted by atomic mass is 35.5. The fourth-order valence-electron chi connectivity index (χ4n) is 5.90. The Hall–Kier alpha value is -3.15. The number of likely N-dealkylation sites (tertiary alicyclic amines) is 2. The molecule has 3 atom stereocenters. The lowest BCUT2D eigenvalue weighted by Gasteiger charge is -2.36. The van der Waals surface area contributed by atoms with Crippen LogP contribution in [-0.4, -0.2) is 64.7 Å². The highest BCUT2D eigenvalue weighted by Crippen LogP contribution is 2.39. The summed E-state index contributed by atoms with van der Waals surface area (Å²) in [5, 5.41) is 9.98. The van der Waals surface area contributed by atoms with E-state index < -0.39 is 0 Å². The quantitative estimate of drug-likeness (QED) is 0.508. The summed E-state index contributed by atoms with van der Waals surface area (Å²) >= 11 is 12.5. The highest BCUT2D eigenvalue weighted by Gasteiger charge is 2.43. The molecule has 2 aromatic rings. The van der Waals surface area contributed by atoms with Gasteiger partial charge in [0.2, 0.25) is 17.7 Å². The zero-order chi connectivity index (χ0) is 27.7. The van der Waals surface area contributed by atoms with Crippen LogP contribution >= 0.6 is 23.2 Å². The number of ketones is 1. The lowest BCUT2D eigenvalue weighted by Crippen LogP contribution is -2.48. The van der Waals surface area contributed by atoms with Gasteiger partial charge in [-0.25, -0.2) is 4.98 Å². The molecule has 10 heteroatoms. The van der Waals surface area contributed by atoms with E-state index in [0.717, 1.165) is 5.56 Å². The Balaban J connectivity index is 1.27. The maximum absolute atomic E-state index is 13.7. The zero-order valence-corrected chi connectivity index (χ0v) is 23.2. The maximum Gasteiger partial charge on any atom is 0.226 e. The van der Waals surface area contributed by atoms with Crippen LogP contribution in [0.3, 0.4) is 0 Å². The lowest BCUT2D eigenvalue weighted by molar-refractivity contribution is -0.147. The number of carbonyl (C=O) groups is 3. The second kappa shape index (κ2) is 11.5. The maximum atomic E-state index is 13.7. The fourth-order valence-corrected chi connectivity index (χ4v) is 6.21.